The molecular weight excluding hydrogens is 515 g/mol. The lowest BCUT2D eigenvalue weighted by Gasteiger charge is -2.34. The molecule has 39 heavy (non-hydrogen) atoms. The number of fused-ring (bicyclic) bond motifs is 2. The minimum absolute atomic E-state index is 0.00766. The summed E-state index contributed by atoms with van der Waals surface area (Å²) in [6.45, 7) is 0.982. The van der Waals surface area contributed by atoms with Gasteiger partial charge in [-0.2, -0.15) is 18.4 Å². The zero-order valence-electron chi connectivity index (χ0n) is 21.2. The van der Waals surface area contributed by atoms with Gasteiger partial charge in [-0.15, -0.1) is 0 Å². The molecule has 1 saturated heterocycles. The van der Waals surface area contributed by atoms with Crippen molar-refractivity contribution in [3.63, 3.8) is 0 Å². The number of nitriles is 1. The molecule has 2 aliphatic heterocycles. The molecule has 0 aromatic heterocycles. The standard InChI is InChI=1S/C27H26F3N5O4/c1-16(32-25(39)27(28,29)30)22(36)34(2)21(12-17-8-4-3-5-9-17)23(37)35-15-26(13-18(35)14-31)19-10-6-7-11-20(19)33-24(26)38/h3-11,16,18,21H,12-13,15H2,1-2H3,(H,32,39)(H,33,38)/t16-,18?,21-,26-/m0/s1. The predicted octanol–water partition coefficient (Wildman–Crippen LogP) is 2.14. The molecule has 0 aliphatic carbocycles. The van der Waals surface area contributed by atoms with Gasteiger partial charge in [-0.25, -0.2) is 0 Å². The molecule has 204 valence electrons. The van der Waals surface area contributed by atoms with Gasteiger partial charge in [0, 0.05) is 32.1 Å². The van der Waals surface area contributed by atoms with Gasteiger partial charge in [0.25, 0.3) is 0 Å². The second-order valence-corrected chi connectivity index (χ2v) is 9.74. The highest BCUT2D eigenvalue weighted by Gasteiger charge is 2.56. The average Bonchev–Trinajstić information content (AvgIpc) is 3.44. The summed E-state index contributed by atoms with van der Waals surface area (Å²) in [4.78, 5) is 53.9. The number of alkyl halides is 3. The first-order chi connectivity index (χ1) is 18.4. The van der Waals surface area contributed by atoms with Crippen LogP contribution in [0.25, 0.3) is 0 Å². The fourth-order valence-electron chi connectivity index (χ4n) is 5.20. The summed E-state index contributed by atoms with van der Waals surface area (Å²) in [6.07, 6.45) is -5.15. The lowest BCUT2D eigenvalue weighted by Crippen LogP contribution is -2.56. The Morgan fingerprint density at radius 2 is 1.82 bits per heavy atom. The maximum Gasteiger partial charge on any atom is 0.471 e. The number of likely N-dealkylation sites (tertiary alicyclic amines) is 1. The number of nitrogens with zero attached hydrogens (tertiary/aromatic N) is 3. The molecule has 2 N–H and O–H groups in total. The minimum Gasteiger partial charge on any atom is -0.337 e. The van der Waals surface area contributed by atoms with E-state index >= 15 is 0 Å². The van der Waals surface area contributed by atoms with Crippen LogP contribution in [0.15, 0.2) is 54.6 Å². The van der Waals surface area contributed by atoms with E-state index in [1.807, 2.05) is 0 Å². The molecule has 0 radical (unpaired) electrons. The Labute approximate surface area is 222 Å². The largest absolute Gasteiger partial charge is 0.471 e. The van der Waals surface area contributed by atoms with Gasteiger partial charge in [-0.1, -0.05) is 48.5 Å². The van der Waals surface area contributed by atoms with Crippen LogP contribution in [0.1, 0.15) is 24.5 Å². The van der Waals surface area contributed by atoms with Crippen molar-refractivity contribution in [3.05, 3.63) is 65.7 Å². The third-order valence-electron chi connectivity index (χ3n) is 7.26. The van der Waals surface area contributed by atoms with Crippen molar-refractivity contribution < 1.29 is 32.3 Å². The minimum atomic E-state index is -5.19. The van der Waals surface area contributed by atoms with Crippen LogP contribution in [0.5, 0.6) is 0 Å². The summed E-state index contributed by atoms with van der Waals surface area (Å²) < 4.78 is 38.3. The molecule has 1 fully saturated rings. The predicted molar refractivity (Wildman–Crippen MR) is 133 cm³/mol. The first-order valence-electron chi connectivity index (χ1n) is 12.2. The van der Waals surface area contributed by atoms with Crippen LogP contribution in [-0.2, 0) is 31.0 Å². The van der Waals surface area contributed by atoms with E-state index in [0.29, 0.717) is 16.8 Å². The number of benzene rings is 2. The van der Waals surface area contributed by atoms with Crippen molar-refractivity contribution in [3.8, 4) is 6.07 Å². The van der Waals surface area contributed by atoms with Gasteiger partial charge >= 0.3 is 12.1 Å². The molecule has 2 aliphatic rings. The normalized spacial score (nSPS) is 21.5. The lowest BCUT2D eigenvalue weighted by atomic mass is 9.80. The summed E-state index contributed by atoms with van der Waals surface area (Å²) >= 11 is 0. The number of carbonyl (C=O) groups excluding carboxylic acids is 4. The van der Waals surface area contributed by atoms with Gasteiger partial charge < -0.3 is 20.4 Å². The van der Waals surface area contributed by atoms with Crippen molar-refractivity contribution in [2.24, 2.45) is 0 Å². The second-order valence-electron chi connectivity index (χ2n) is 9.74. The van der Waals surface area contributed by atoms with E-state index in [-0.39, 0.29) is 25.3 Å². The number of likely N-dealkylation sites (N-methyl/N-ethyl adjacent to an activating group) is 1. The van der Waals surface area contributed by atoms with E-state index < -0.39 is 47.4 Å². The first kappa shape index (κ1) is 27.6. The average molecular weight is 542 g/mol. The number of halogens is 3. The highest BCUT2D eigenvalue weighted by molar-refractivity contribution is 6.07. The zero-order chi connectivity index (χ0) is 28.5. The van der Waals surface area contributed by atoms with Crippen LogP contribution in [0.3, 0.4) is 0 Å². The van der Waals surface area contributed by atoms with E-state index in [1.54, 1.807) is 59.9 Å². The number of amides is 4. The van der Waals surface area contributed by atoms with E-state index in [2.05, 4.69) is 11.4 Å². The molecule has 0 bridgehead atoms. The topological polar surface area (TPSA) is 123 Å². The SMILES string of the molecule is C[C@H](NC(=O)C(F)(F)F)C(=O)N(C)[C@@H](Cc1ccccc1)C(=O)N1C[C@]2(CC1C#N)C(=O)Nc1ccccc12. The number of rotatable bonds is 6. The first-order valence-corrected chi connectivity index (χ1v) is 12.2. The zero-order valence-corrected chi connectivity index (χ0v) is 21.2. The molecule has 0 saturated carbocycles. The molecule has 2 heterocycles. The van der Waals surface area contributed by atoms with E-state index in [4.69, 9.17) is 0 Å². The van der Waals surface area contributed by atoms with Crippen LogP contribution < -0.4 is 10.6 Å². The third kappa shape index (κ3) is 5.16. The lowest BCUT2D eigenvalue weighted by molar-refractivity contribution is -0.175. The maximum atomic E-state index is 14.0. The van der Waals surface area contributed by atoms with Crippen LogP contribution in [0, 0.1) is 11.3 Å². The van der Waals surface area contributed by atoms with Crippen molar-refractivity contribution >= 4 is 29.3 Å². The van der Waals surface area contributed by atoms with E-state index in [9.17, 15) is 37.6 Å². The van der Waals surface area contributed by atoms with Gasteiger partial charge in [-0.05, 0) is 24.1 Å². The van der Waals surface area contributed by atoms with Gasteiger partial charge in [0.2, 0.25) is 17.7 Å². The molecule has 4 amide bonds. The Morgan fingerprint density at radius 3 is 2.46 bits per heavy atom. The Bertz CT molecular complexity index is 1340. The molecule has 4 atom stereocenters. The van der Waals surface area contributed by atoms with Crippen LogP contribution >= 0.6 is 0 Å². The second kappa shape index (κ2) is 10.4. The molecule has 9 nitrogen and oxygen atoms in total. The van der Waals surface area contributed by atoms with Crippen molar-refractivity contribution in [1.82, 2.24) is 15.1 Å². The fraction of sp³-hybridized carbons (Fsp3) is 0.370. The smallest absolute Gasteiger partial charge is 0.337 e. The summed E-state index contributed by atoms with van der Waals surface area (Å²) in [7, 11) is 1.26. The molecule has 4 rings (SSSR count). The number of nitrogens with one attached hydrogen (secondary N) is 2. The van der Waals surface area contributed by atoms with Crippen molar-refractivity contribution in [2.45, 2.75) is 49.5 Å². The van der Waals surface area contributed by atoms with Gasteiger partial charge in [0.05, 0.1) is 11.5 Å². The molecular formula is C27H26F3N5O4. The van der Waals surface area contributed by atoms with Crippen LogP contribution in [0.4, 0.5) is 18.9 Å². The molecule has 1 unspecified atom stereocenters. The summed E-state index contributed by atoms with van der Waals surface area (Å²) in [5.41, 5.74) is 0.767. The molecule has 12 heteroatoms. The quantitative estimate of drug-likeness (QED) is 0.580. The highest BCUT2D eigenvalue weighted by Crippen LogP contribution is 2.46. The number of carbonyl (C=O) groups is 4. The summed E-state index contributed by atoms with van der Waals surface area (Å²) in [6, 6.07) is 14.0. The maximum absolute atomic E-state index is 14.0. The highest BCUT2D eigenvalue weighted by atomic mass is 19.4. The van der Waals surface area contributed by atoms with Gasteiger partial charge in [-0.3, -0.25) is 19.2 Å². The Morgan fingerprint density at radius 1 is 1.18 bits per heavy atom. The summed E-state index contributed by atoms with van der Waals surface area (Å²) in [5.74, 6) is -4.18. The van der Waals surface area contributed by atoms with Crippen molar-refractivity contribution in [1.29, 1.82) is 5.26 Å². The van der Waals surface area contributed by atoms with Gasteiger partial charge in [0.1, 0.15) is 18.1 Å². The third-order valence-corrected chi connectivity index (χ3v) is 7.26. The van der Waals surface area contributed by atoms with Crippen molar-refractivity contribution in [2.75, 3.05) is 18.9 Å². The van der Waals surface area contributed by atoms with Crippen LogP contribution in [-0.4, -0.2) is 71.3 Å². The van der Waals surface area contributed by atoms with E-state index in [1.165, 1.54) is 11.9 Å². The monoisotopic (exact) mass is 541 g/mol. The number of hydrogen-bond donors (Lipinski definition) is 2. The molecule has 1 spiro atoms. The number of para-hydroxylation sites is 1. The van der Waals surface area contributed by atoms with Crippen LogP contribution in [0.2, 0.25) is 0 Å². The summed E-state index contributed by atoms with van der Waals surface area (Å²) in [5, 5.41) is 14.4. The Hall–Kier alpha value is -4.40. The molecule has 2 aromatic rings. The Kier molecular flexibility index (Phi) is 7.37. The fourth-order valence-corrected chi connectivity index (χ4v) is 5.20. The molecule has 2 aromatic carbocycles. The number of hydrogen-bond acceptors (Lipinski definition) is 5. The Balaban J connectivity index is 1.64. The van der Waals surface area contributed by atoms with Gasteiger partial charge in [0.15, 0.2) is 0 Å². The van der Waals surface area contributed by atoms with E-state index in [0.717, 1.165) is 11.8 Å². The number of anilines is 1.